The van der Waals surface area contributed by atoms with Crippen LogP contribution in [0.4, 0.5) is 17.8 Å². The third-order valence-electron chi connectivity index (χ3n) is 10.8. The van der Waals surface area contributed by atoms with Crippen LogP contribution in [0.1, 0.15) is 93.9 Å². The van der Waals surface area contributed by atoms with E-state index in [1.807, 2.05) is 4.90 Å². The fraction of sp³-hybridized carbons (Fsp3) is 0.800. The van der Waals surface area contributed by atoms with Crippen LogP contribution in [0.5, 0.6) is 0 Å². The normalized spacial score (nSPS) is 23.5. The molecule has 0 aliphatic carbocycles. The van der Waals surface area contributed by atoms with Crippen LogP contribution in [0.15, 0.2) is 9.98 Å². The lowest BCUT2D eigenvalue weighted by Gasteiger charge is -2.53. The van der Waals surface area contributed by atoms with E-state index in [9.17, 15) is 9.59 Å². The summed E-state index contributed by atoms with van der Waals surface area (Å²) in [6.45, 7) is 20.9. The topological polar surface area (TPSA) is 135 Å². The monoisotopic (exact) mass is 670 g/mol. The van der Waals surface area contributed by atoms with Crippen molar-refractivity contribution in [1.82, 2.24) is 24.8 Å². The van der Waals surface area contributed by atoms with Crippen LogP contribution in [0.2, 0.25) is 0 Å². The Hall–Kier alpha value is -3.03. The Balaban J connectivity index is 1.34. The number of morpholine rings is 1. The van der Waals surface area contributed by atoms with Gasteiger partial charge in [0.05, 0.1) is 26.4 Å². The Bertz CT molecular complexity index is 1210. The van der Waals surface area contributed by atoms with Gasteiger partial charge in [0.2, 0.25) is 5.95 Å². The maximum atomic E-state index is 12.6. The third kappa shape index (κ3) is 10.0. The van der Waals surface area contributed by atoms with Gasteiger partial charge in [-0.25, -0.2) is 19.6 Å². The highest BCUT2D eigenvalue weighted by atomic mass is 16.5. The van der Waals surface area contributed by atoms with Gasteiger partial charge in [0, 0.05) is 35.2 Å². The van der Waals surface area contributed by atoms with Crippen molar-refractivity contribution in [3.05, 3.63) is 0 Å². The maximum Gasteiger partial charge on any atom is 0.349 e. The van der Waals surface area contributed by atoms with Crippen molar-refractivity contribution in [2.24, 2.45) is 21.8 Å². The third-order valence-corrected chi connectivity index (χ3v) is 10.8. The highest BCUT2D eigenvalue weighted by molar-refractivity contribution is 6.24. The summed E-state index contributed by atoms with van der Waals surface area (Å²) in [5.41, 5.74) is 0.306. The first-order valence-electron chi connectivity index (χ1n) is 17.4. The fourth-order valence-electron chi connectivity index (χ4n) is 7.88. The van der Waals surface area contributed by atoms with Gasteiger partial charge in [-0.05, 0) is 120 Å². The Kier molecular flexibility index (Phi) is 12.0. The molecule has 0 radical (unpaired) electrons. The Labute approximate surface area is 286 Å². The van der Waals surface area contributed by atoms with E-state index < -0.39 is 11.9 Å². The van der Waals surface area contributed by atoms with Crippen molar-refractivity contribution in [1.29, 1.82) is 0 Å². The van der Waals surface area contributed by atoms with E-state index >= 15 is 0 Å². The highest BCUT2D eigenvalue weighted by Crippen LogP contribution is 2.42. The number of piperidine rings is 2. The molecule has 3 aliphatic rings. The van der Waals surface area contributed by atoms with Crippen LogP contribution < -0.4 is 4.90 Å². The molecule has 48 heavy (non-hydrogen) atoms. The first-order chi connectivity index (χ1) is 22.4. The van der Waals surface area contributed by atoms with E-state index in [0.717, 1.165) is 51.0 Å². The van der Waals surface area contributed by atoms with Crippen molar-refractivity contribution in [2.75, 3.05) is 58.5 Å². The molecular weight excluding hydrogens is 612 g/mol. The summed E-state index contributed by atoms with van der Waals surface area (Å²) in [6.07, 6.45) is 7.90. The summed E-state index contributed by atoms with van der Waals surface area (Å²) in [5.74, 6) is 0.104. The number of aliphatic imine (C=N–C) groups is 2. The van der Waals surface area contributed by atoms with Gasteiger partial charge in [-0.3, -0.25) is 9.80 Å². The summed E-state index contributed by atoms with van der Waals surface area (Å²) in [4.78, 5) is 53.4. The molecule has 13 nitrogen and oxygen atoms in total. The van der Waals surface area contributed by atoms with E-state index in [1.165, 1.54) is 0 Å². The zero-order valence-electron chi connectivity index (χ0n) is 30.9. The van der Waals surface area contributed by atoms with Crippen molar-refractivity contribution >= 4 is 42.2 Å². The SMILES string of the molecule is CN1C(C)(C)CC(CCOC(=O)C=Nc2nc(N=CC(=O)OCCC3CC(C)(C)N(C)C(C)(C)C3)nc(N3CCOCC3)n2)CC1(C)C. The summed E-state index contributed by atoms with van der Waals surface area (Å²) < 4.78 is 16.5. The van der Waals surface area contributed by atoms with Gasteiger partial charge in [-0.1, -0.05) is 0 Å². The molecule has 0 bridgehead atoms. The highest BCUT2D eigenvalue weighted by Gasteiger charge is 2.43. The lowest BCUT2D eigenvalue weighted by Crippen LogP contribution is -2.58. The number of anilines is 1. The summed E-state index contributed by atoms with van der Waals surface area (Å²) in [7, 11) is 4.36. The van der Waals surface area contributed by atoms with Crippen molar-refractivity contribution in [3.8, 4) is 0 Å². The first kappa shape index (κ1) is 37.8. The molecule has 0 atom stereocenters. The molecular formula is C35H58N8O5. The van der Waals surface area contributed by atoms with E-state index in [4.69, 9.17) is 14.2 Å². The molecule has 0 spiro atoms. The Morgan fingerprint density at radius 3 is 1.46 bits per heavy atom. The molecule has 0 aromatic carbocycles. The average molecular weight is 671 g/mol. The molecule has 3 fully saturated rings. The van der Waals surface area contributed by atoms with Crippen LogP contribution in [0, 0.1) is 11.8 Å². The number of carbonyl (C=O) groups excluding carboxylic acids is 2. The quantitative estimate of drug-likeness (QED) is 0.238. The zero-order valence-corrected chi connectivity index (χ0v) is 30.9. The van der Waals surface area contributed by atoms with Crippen LogP contribution in [-0.2, 0) is 23.8 Å². The van der Waals surface area contributed by atoms with Gasteiger partial charge in [0.25, 0.3) is 11.9 Å². The van der Waals surface area contributed by atoms with E-state index in [-0.39, 0.29) is 34.1 Å². The van der Waals surface area contributed by atoms with E-state index in [2.05, 4.69) is 104 Å². The summed E-state index contributed by atoms with van der Waals surface area (Å²) >= 11 is 0. The molecule has 0 unspecified atom stereocenters. The molecule has 1 aromatic heterocycles. The van der Waals surface area contributed by atoms with Gasteiger partial charge < -0.3 is 19.1 Å². The Morgan fingerprint density at radius 2 is 1.08 bits per heavy atom. The average Bonchev–Trinajstić information content (AvgIpc) is 3.00. The van der Waals surface area contributed by atoms with Crippen molar-refractivity contribution < 1.29 is 23.8 Å². The molecule has 0 N–H and O–H groups in total. The largest absolute Gasteiger partial charge is 0.461 e. The lowest BCUT2D eigenvalue weighted by molar-refractivity contribution is -0.136. The minimum Gasteiger partial charge on any atom is -0.461 e. The molecule has 4 heterocycles. The molecule has 3 aliphatic heterocycles. The molecule has 4 rings (SSSR count). The number of hydrogen-bond donors (Lipinski definition) is 0. The summed E-state index contributed by atoms with van der Waals surface area (Å²) in [6, 6.07) is 0. The Morgan fingerprint density at radius 1 is 0.708 bits per heavy atom. The van der Waals surface area contributed by atoms with Gasteiger partial charge in [-0.2, -0.15) is 15.0 Å². The predicted molar refractivity (Wildman–Crippen MR) is 188 cm³/mol. The zero-order chi connectivity index (χ0) is 35.3. The van der Waals surface area contributed by atoms with E-state index in [0.29, 0.717) is 57.3 Å². The number of esters is 2. The number of carbonyl (C=O) groups is 2. The van der Waals surface area contributed by atoms with Gasteiger partial charge >= 0.3 is 11.9 Å². The molecule has 0 saturated carbocycles. The first-order valence-corrected chi connectivity index (χ1v) is 17.4. The number of nitrogens with zero attached hydrogens (tertiary/aromatic N) is 8. The molecule has 3 saturated heterocycles. The lowest BCUT2D eigenvalue weighted by atomic mass is 9.73. The molecule has 13 heteroatoms. The number of rotatable bonds is 11. The van der Waals surface area contributed by atoms with Gasteiger partial charge in [0.15, 0.2) is 0 Å². The summed E-state index contributed by atoms with van der Waals surface area (Å²) in [5, 5.41) is 0. The van der Waals surface area contributed by atoms with Crippen LogP contribution >= 0.6 is 0 Å². The maximum absolute atomic E-state index is 12.6. The minimum absolute atomic E-state index is 0.00438. The molecule has 268 valence electrons. The van der Waals surface area contributed by atoms with Crippen molar-refractivity contribution in [2.45, 2.75) is 116 Å². The van der Waals surface area contributed by atoms with Gasteiger partial charge in [-0.15, -0.1) is 0 Å². The fourth-order valence-corrected chi connectivity index (χ4v) is 7.88. The number of likely N-dealkylation sites (tertiary alicyclic amines) is 2. The predicted octanol–water partition coefficient (Wildman–Crippen LogP) is 4.78. The molecule has 0 amide bonds. The number of ether oxygens (including phenoxy) is 3. The number of aromatic nitrogens is 3. The minimum atomic E-state index is -0.570. The van der Waals surface area contributed by atoms with Crippen LogP contribution in [0.25, 0.3) is 0 Å². The van der Waals surface area contributed by atoms with Gasteiger partial charge in [0.1, 0.15) is 12.4 Å². The van der Waals surface area contributed by atoms with Crippen molar-refractivity contribution in [3.63, 3.8) is 0 Å². The second-order valence-corrected chi connectivity index (χ2v) is 16.2. The smallest absolute Gasteiger partial charge is 0.349 e. The number of hydrogen-bond acceptors (Lipinski definition) is 13. The van der Waals surface area contributed by atoms with E-state index in [1.54, 1.807) is 0 Å². The standard InChI is InChI=1S/C35H58N8O5/c1-32(2)19-25(20-33(3,4)41(32)9)11-15-47-27(44)23-36-29-38-30(40-31(39-29)43-13-17-46-18-14-43)37-24-28(45)48-16-12-26-21-34(5,6)42(10)35(7,8)22-26/h23-26H,11-22H2,1-10H3. The second-order valence-electron chi connectivity index (χ2n) is 16.2. The molecule has 1 aromatic rings. The van der Waals surface area contributed by atoms with Crippen LogP contribution in [0.3, 0.4) is 0 Å². The second kappa shape index (κ2) is 15.2. The van der Waals surface area contributed by atoms with Crippen LogP contribution in [-0.4, -0.2) is 125 Å².